The van der Waals surface area contributed by atoms with Gasteiger partial charge < -0.3 is 0 Å². The van der Waals surface area contributed by atoms with Crippen molar-refractivity contribution in [3.05, 3.63) is 119 Å². The smallest absolute Gasteiger partial charge is 0.0195 e. The van der Waals surface area contributed by atoms with Crippen LogP contribution >= 0.6 is 0 Å². The second-order valence-electron chi connectivity index (χ2n) is 6.35. The molecule has 0 aliphatic rings. The Bertz CT molecular complexity index is 704. The second kappa shape index (κ2) is 10.4. The summed E-state index contributed by atoms with van der Waals surface area (Å²) in [5, 5.41) is 0. The Balaban J connectivity index is 2.73. The lowest BCUT2D eigenvalue weighted by atomic mass is 9.72. The SMILES string of the molecule is C/C=C\C(=C/C)C(c1ccccc1)C(C(/C=C\C)=C/C)c1ccccc1. The predicted octanol–water partition coefficient (Wildman–Crippen LogP) is 7.60. The third-order valence-electron chi connectivity index (χ3n) is 4.75. The first-order chi connectivity index (χ1) is 12.8. The van der Waals surface area contributed by atoms with Crippen LogP contribution in [0.1, 0.15) is 50.7 Å². The molecule has 0 fully saturated rings. The average Bonchev–Trinajstić information content (AvgIpc) is 2.70. The maximum Gasteiger partial charge on any atom is 0.0195 e. The zero-order valence-electron chi connectivity index (χ0n) is 16.4. The molecular formula is C26H30. The average molecular weight is 343 g/mol. The lowest BCUT2D eigenvalue weighted by Crippen LogP contribution is -2.15. The van der Waals surface area contributed by atoms with Gasteiger partial charge in [-0.05, 0) is 50.0 Å². The van der Waals surface area contributed by atoms with Crippen LogP contribution in [0.25, 0.3) is 0 Å². The highest BCUT2D eigenvalue weighted by molar-refractivity contribution is 5.47. The fourth-order valence-electron chi connectivity index (χ4n) is 3.62. The standard InChI is InChI=1S/C26H30/c1-5-15-21(7-3)25(23-17-11-9-12-18-23)26(22(8-4)16-6-2)24-19-13-10-14-20-24/h5-20,25-26H,1-4H3/b15-5-,16-6-,21-7+,22-8+. The third kappa shape index (κ3) is 4.73. The molecule has 0 spiro atoms. The molecule has 0 aliphatic carbocycles. The van der Waals surface area contributed by atoms with E-state index >= 15 is 0 Å². The second-order valence-corrected chi connectivity index (χ2v) is 6.35. The molecular weight excluding hydrogens is 312 g/mol. The summed E-state index contributed by atoms with van der Waals surface area (Å²) in [6.45, 7) is 8.45. The molecule has 134 valence electrons. The van der Waals surface area contributed by atoms with Gasteiger partial charge in [-0.3, -0.25) is 0 Å². The quantitative estimate of drug-likeness (QED) is 0.454. The van der Waals surface area contributed by atoms with Gasteiger partial charge in [-0.15, -0.1) is 0 Å². The van der Waals surface area contributed by atoms with E-state index in [2.05, 4.69) is 125 Å². The van der Waals surface area contributed by atoms with Crippen LogP contribution in [-0.2, 0) is 0 Å². The summed E-state index contributed by atoms with van der Waals surface area (Å²) in [6.07, 6.45) is 13.3. The van der Waals surface area contributed by atoms with E-state index in [1.165, 1.54) is 22.3 Å². The lowest BCUT2D eigenvalue weighted by molar-refractivity contribution is 0.689. The Hall–Kier alpha value is -2.60. The van der Waals surface area contributed by atoms with Gasteiger partial charge in [0.15, 0.2) is 0 Å². The van der Waals surface area contributed by atoms with Crippen molar-refractivity contribution in [2.75, 3.05) is 0 Å². The normalized spacial score (nSPS) is 15.5. The van der Waals surface area contributed by atoms with E-state index in [0.717, 1.165) is 0 Å². The molecule has 0 saturated heterocycles. The first-order valence-corrected chi connectivity index (χ1v) is 9.44. The van der Waals surface area contributed by atoms with Crippen molar-refractivity contribution in [1.82, 2.24) is 0 Å². The maximum atomic E-state index is 2.25. The molecule has 0 saturated carbocycles. The van der Waals surface area contributed by atoms with Crippen LogP contribution in [0.2, 0.25) is 0 Å². The van der Waals surface area contributed by atoms with E-state index in [1.807, 2.05) is 0 Å². The summed E-state index contributed by atoms with van der Waals surface area (Å²) in [5.74, 6) is 0.532. The van der Waals surface area contributed by atoms with Crippen LogP contribution in [0, 0.1) is 0 Å². The molecule has 2 aromatic rings. The minimum atomic E-state index is 0.266. The molecule has 0 heteroatoms. The fraction of sp³-hybridized carbons (Fsp3) is 0.231. The number of hydrogen-bond donors (Lipinski definition) is 0. The molecule has 2 rings (SSSR count). The van der Waals surface area contributed by atoms with Crippen molar-refractivity contribution in [3.8, 4) is 0 Å². The molecule has 2 atom stereocenters. The molecule has 2 aromatic carbocycles. The summed E-state index contributed by atoms with van der Waals surface area (Å²) in [5.41, 5.74) is 5.38. The van der Waals surface area contributed by atoms with Gasteiger partial charge in [0.25, 0.3) is 0 Å². The molecule has 0 amide bonds. The van der Waals surface area contributed by atoms with Crippen molar-refractivity contribution >= 4 is 0 Å². The van der Waals surface area contributed by atoms with Crippen LogP contribution in [0.3, 0.4) is 0 Å². The summed E-state index contributed by atoms with van der Waals surface area (Å²) >= 11 is 0. The van der Waals surface area contributed by atoms with E-state index in [0.29, 0.717) is 0 Å². The summed E-state index contributed by atoms with van der Waals surface area (Å²) < 4.78 is 0. The molecule has 0 bridgehead atoms. The third-order valence-corrected chi connectivity index (χ3v) is 4.75. The molecule has 0 aromatic heterocycles. The number of rotatable bonds is 7. The molecule has 26 heavy (non-hydrogen) atoms. The van der Waals surface area contributed by atoms with Gasteiger partial charge in [-0.1, -0.05) is 97.1 Å². The molecule has 0 aliphatic heterocycles. The van der Waals surface area contributed by atoms with Gasteiger partial charge in [0.2, 0.25) is 0 Å². The van der Waals surface area contributed by atoms with E-state index < -0.39 is 0 Å². The summed E-state index contributed by atoms with van der Waals surface area (Å²) in [7, 11) is 0. The van der Waals surface area contributed by atoms with Crippen LogP contribution < -0.4 is 0 Å². The fourth-order valence-corrected chi connectivity index (χ4v) is 3.62. The molecule has 0 nitrogen and oxygen atoms in total. The Labute approximate surface area is 159 Å². The first kappa shape index (κ1) is 19.7. The Kier molecular flexibility index (Phi) is 7.89. The highest BCUT2D eigenvalue weighted by atomic mass is 14.3. The Morgan fingerprint density at radius 1 is 0.577 bits per heavy atom. The van der Waals surface area contributed by atoms with Crippen molar-refractivity contribution in [1.29, 1.82) is 0 Å². The monoisotopic (exact) mass is 342 g/mol. The van der Waals surface area contributed by atoms with E-state index in [1.54, 1.807) is 0 Å². The highest BCUT2D eigenvalue weighted by Crippen LogP contribution is 2.44. The number of hydrogen-bond acceptors (Lipinski definition) is 0. The molecule has 2 unspecified atom stereocenters. The van der Waals surface area contributed by atoms with E-state index in [9.17, 15) is 0 Å². The number of benzene rings is 2. The van der Waals surface area contributed by atoms with Gasteiger partial charge in [0, 0.05) is 11.8 Å². The van der Waals surface area contributed by atoms with Gasteiger partial charge in [-0.25, -0.2) is 0 Å². The maximum absolute atomic E-state index is 2.25. The minimum Gasteiger partial charge on any atom is -0.0874 e. The molecule has 0 N–H and O–H groups in total. The highest BCUT2D eigenvalue weighted by Gasteiger charge is 2.28. The first-order valence-electron chi connectivity index (χ1n) is 9.44. The zero-order valence-corrected chi connectivity index (χ0v) is 16.4. The molecule has 0 heterocycles. The number of allylic oxidation sites excluding steroid dienone is 8. The van der Waals surface area contributed by atoms with Gasteiger partial charge in [0.1, 0.15) is 0 Å². The van der Waals surface area contributed by atoms with Crippen LogP contribution in [0.4, 0.5) is 0 Å². The van der Waals surface area contributed by atoms with E-state index in [4.69, 9.17) is 0 Å². The van der Waals surface area contributed by atoms with Crippen molar-refractivity contribution in [2.45, 2.75) is 39.5 Å². The summed E-state index contributed by atoms with van der Waals surface area (Å²) in [4.78, 5) is 0. The van der Waals surface area contributed by atoms with Gasteiger partial charge in [-0.2, -0.15) is 0 Å². The topological polar surface area (TPSA) is 0 Å². The summed E-state index contributed by atoms with van der Waals surface area (Å²) in [6, 6.07) is 21.7. The van der Waals surface area contributed by atoms with Crippen LogP contribution in [-0.4, -0.2) is 0 Å². The van der Waals surface area contributed by atoms with Crippen molar-refractivity contribution in [3.63, 3.8) is 0 Å². The largest absolute Gasteiger partial charge is 0.0874 e. The Morgan fingerprint density at radius 2 is 0.923 bits per heavy atom. The minimum absolute atomic E-state index is 0.266. The van der Waals surface area contributed by atoms with E-state index in [-0.39, 0.29) is 11.8 Å². The molecule has 0 radical (unpaired) electrons. The zero-order chi connectivity index (χ0) is 18.8. The van der Waals surface area contributed by atoms with Crippen molar-refractivity contribution < 1.29 is 0 Å². The lowest BCUT2D eigenvalue weighted by Gasteiger charge is -2.31. The van der Waals surface area contributed by atoms with Crippen molar-refractivity contribution in [2.24, 2.45) is 0 Å². The predicted molar refractivity (Wildman–Crippen MR) is 116 cm³/mol. The Morgan fingerprint density at radius 3 is 1.19 bits per heavy atom. The van der Waals surface area contributed by atoms with Crippen LogP contribution in [0.15, 0.2) is 108 Å². The van der Waals surface area contributed by atoms with Gasteiger partial charge in [0.05, 0.1) is 0 Å². The van der Waals surface area contributed by atoms with Crippen LogP contribution in [0.5, 0.6) is 0 Å². The van der Waals surface area contributed by atoms with Gasteiger partial charge >= 0.3 is 0 Å².